The molecule has 3 aromatic rings. The van der Waals surface area contributed by atoms with Crippen molar-refractivity contribution in [3.05, 3.63) is 83.2 Å². The second kappa shape index (κ2) is 9.01. The molecule has 0 radical (unpaired) electrons. The van der Waals surface area contributed by atoms with Crippen molar-refractivity contribution in [2.24, 2.45) is 0 Å². The maximum atomic E-state index is 13.4. The molecule has 0 saturated carbocycles. The summed E-state index contributed by atoms with van der Waals surface area (Å²) in [5, 5.41) is 10.1. The van der Waals surface area contributed by atoms with Crippen LogP contribution in [-0.4, -0.2) is 23.2 Å². The van der Waals surface area contributed by atoms with E-state index in [1.807, 2.05) is 0 Å². The van der Waals surface area contributed by atoms with Gasteiger partial charge in [-0.2, -0.15) is 10.2 Å². The van der Waals surface area contributed by atoms with E-state index < -0.39 is 17.5 Å². The van der Waals surface area contributed by atoms with Gasteiger partial charge in [-0.25, -0.2) is 8.78 Å². The van der Waals surface area contributed by atoms with Crippen LogP contribution in [0.4, 0.5) is 14.5 Å². The van der Waals surface area contributed by atoms with E-state index in [0.29, 0.717) is 23.6 Å². The molecule has 0 fully saturated rings. The Kier molecular flexibility index (Phi) is 6.23. The fourth-order valence-corrected chi connectivity index (χ4v) is 2.49. The Morgan fingerprint density at radius 3 is 2.50 bits per heavy atom. The molecule has 3 rings (SSSR count). The third-order valence-electron chi connectivity index (χ3n) is 3.82. The zero-order valence-corrected chi connectivity index (χ0v) is 15.0. The van der Waals surface area contributed by atoms with E-state index in [4.69, 9.17) is 9.47 Å². The van der Waals surface area contributed by atoms with Gasteiger partial charge in [0.25, 0.3) is 5.91 Å². The SMILES string of the molecule is COCc1ccc(OCc2ccc(F)c(F)c2)c(C(=O)Nc2ccnnc2)c1. The van der Waals surface area contributed by atoms with E-state index in [9.17, 15) is 13.6 Å². The number of nitrogens with one attached hydrogen (secondary N) is 1. The number of methoxy groups -OCH3 is 1. The summed E-state index contributed by atoms with van der Waals surface area (Å²) in [4.78, 5) is 12.7. The molecule has 28 heavy (non-hydrogen) atoms. The number of carbonyl (C=O) groups is 1. The van der Waals surface area contributed by atoms with Crippen LogP contribution in [0.3, 0.4) is 0 Å². The van der Waals surface area contributed by atoms with Gasteiger partial charge in [0, 0.05) is 7.11 Å². The van der Waals surface area contributed by atoms with Crippen molar-refractivity contribution in [2.45, 2.75) is 13.2 Å². The molecule has 0 atom stereocenters. The molecule has 144 valence electrons. The predicted molar refractivity (Wildman–Crippen MR) is 97.8 cm³/mol. The van der Waals surface area contributed by atoms with Crippen molar-refractivity contribution in [2.75, 3.05) is 12.4 Å². The normalized spacial score (nSPS) is 10.5. The van der Waals surface area contributed by atoms with Crippen LogP contribution in [-0.2, 0) is 18.0 Å². The van der Waals surface area contributed by atoms with Crippen molar-refractivity contribution in [3.63, 3.8) is 0 Å². The molecule has 0 bridgehead atoms. The first kappa shape index (κ1) is 19.4. The van der Waals surface area contributed by atoms with Crippen molar-refractivity contribution in [1.29, 1.82) is 0 Å². The molecule has 0 unspecified atom stereocenters. The number of amides is 1. The smallest absolute Gasteiger partial charge is 0.259 e. The quantitative estimate of drug-likeness (QED) is 0.671. The van der Waals surface area contributed by atoms with Crippen LogP contribution in [0.15, 0.2) is 54.9 Å². The van der Waals surface area contributed by atoms with Gasteiger partial charge < -0.3 is 14.8 Å². The molecule has 0 saturated heterocycles. The molecule has 0 spiro atoms. The lowest BCUT2D eigenvalue weighted by atomic mass is 10.1. The van der Waals surface area contributed by atoms with E-state index in [-0.39, 0.29) is 12.2 Å². The Labute approximate surface area is 160 Å². The van der Waals surface area contributed by atoms with Crippen molar-refractivity contribution in [1.82, 2.24) is 10.2 Å². The van der Waals surface area contributed by atoms with Gasteiger partial charge in [-0.05, 0) is 41.5 Å². The number of rotatable bonds is 7. The third-order valence-corrected chi connectivity index (χ3v) is 3.82. The molecule has 1 heterocycles. The van der Waals surface area contributed by atoms with Crippen molar-refractivity contribution >= 4 is 11.6 Å². The number of nitrogens with zero attached hydrogens (tertiary/aromatic N) is 2. The van der Waals surface area contributed by atoms with E-state index in [1.165, 1.54) is 18.5 Å². The first-order valence-electron chi connectivity index (χ1n) is 8.33. The molecule has 8 heteroatoms. The zero-order valence-electron chi connectivity index (χ0n) is 15.0. The highest BCUT2D eigenvalue weighted by Crippen LogP contribution is 2.23. The Hall–Kier alpha value is -3.39. The summed E-state index contributed by atoms with van der Waals surface area (Å²) in [6.07, 6.45) is 2.87. The highest BCUT2D eigenvalue weighted by atomic mass is 19.2. The van der Waals surface area contributed by atoms with Crippen LogP contribution in [0.2, 0.25) is 0 Å². The lowest BCUT2D eigenvalue weighted by Crippen LogP contribution is -2.14. The molecule has 0 aliphatic rings. The Morgan fingerprint density at radius 2 is 1.79 bits per heavy atom. The Morgan fingerprint density at radius 1 is 1.00 bits per heavy atom. The van der Waals surface area contributed by atoms with Crippen LogP contribution in [0.25, 0.3) is 0 Å². The fraction of sp³-hybridized carbons (Fsp3) is 0.150. The summed E-state index contributed by atoms with van der Waals surface area (Å²) < 4.78 is 37.2. The summed E-state index contributed by atoms with van der Waals surface area (Å²) >= 11 is 0. The molecule has 1 N–H and O–H groups in total. The third kappa shape index (κ3) is 4.86. The first-order valence-corrected chi connectivity index (χ1v) is 8.33. The van der Waals surface area contributed by atoms with E-state index in [0.717, 1.165) is 17.7 Å². The van der Waals surface area contributed by atoms with E-state index in [1.54, 1.807) is 31.4 Å². The number of benzene rings is 2. The molecule has 2 aromatic carbocycles. The summed E-state index contributed by atoms with van der Waals surface area (Å²) in [5.41, 5.74) is 1.96. The maximum absolute atomic E-state index is 13.4. The van der Waals surface area contributed by atoms with Crippen LogP contribution in [0, 0.1) is 11.6 Å². The lowest BCUT2D eigenvalue weighted by Gasteiger charge is -2.13. The van der Waals surface area contributed by atoms with Crippen LogP contribution >= 0.6 is 0 Å². The minimum Gasteiger partial charge on any atom is -0.488 e. The zero-order chi connectivity index (χ0) is 19.9. The van der Waals surface area contributed by atoms with Crippen LogP contribution in [0.1, 0.15) is 21.5 Å². The lowest BCUT2D eigenvalue weighted by molar-refractivity contribution is 0.102. The number of hydrogen-bond acceptors (Lipinski definition) is 5. The molecule has 1 amide bonds. The average molecular weight is 385 g/mol. The van der Waals surface area contributed by atoms with E-state index in [2.05, 4.69) is 15.5 Å². The number of ether oxygens (including phenoxy) is 2. The summed E-state index contributed by atoms with van der Waals surface area (Å²) in [5.74, 6) is -2.01. The number of carbonyl (C=O) groups excluding carboxylic acids is 1. The summed E-state index contributed by atoms with van der Waals surface area (Å²) in [6, 6.07) is 10.1. The van der Waals surface area contributed by atoms with Gasteiger partial charge in [0.2, 0.25) is 0 Å². The minimum atomic E-state index is -0.959. The second-order valence-corrected chi connectivity index (χ2v) is 5.89. The topological polar surface area (TPSA) is 73.3 Å². The molecule has 6 nitrogen and oxygen atoms in total. The van der Waals surface area contributed by atoms with Gasteiger partial charge in [-0.3, -0.25) is 4.79 Å². The molecule has 0 aliphatic heterocycles. The van der Waals surface area contributed by atoms with Gasteiger partial charge in [0.1, 0.15) is 12.4 Å². The van der Waals surface area contributed by atoms with Gasteiger partial charge >= 0.3 is 0 Å². The predicted octanol–water partition coefficient (Wildman–Crippen LogP) is 3.73. The molecule has 1 aromatic heterocycles. The summed E-state index contributed by atoms with van der Waals surface area (Å²) in [6.45, 7) is 0.290. The Balaban J connectivity index is 1.82. The van der Waals surface area contributed by atoms with E-state index >= 15 is 0 Å². The average Bonchev–Trinajstić information content (AvgIpc) is 2.70. The Bertz CT molecular complexity index is 968. The first-order chi connectivity index (χ1) is 13.6. The maximum Gasteiger partial charge on any atom is 0.259 e. The molecular weight excluding hydrogens is 368 g/mol. The van der Waals surface area contributed by atoms with Crippen molar-refractivity contribution in [3.8, 4) is 5.75 Å². The van der Waals surface area contributed by atoms with Gasteiger partial charge in [0.05, 0.1) is 30.3 Å². The molecule has 0 aliphatic carbocycles. The van der Waals surface area contributed by atoms with Gasteiger partial charge in [-0.1, -0.05) is 12.1 Å². The van der Waals surface area contributed by atoms with Gasteiger partial charge in [-0.15, -0.1) is 0 Å². The van der Waals surface area contributed by atoms with Crippen LogP contribution in [0.5, 0.6) is 5.75 Å². The fourth-order valence-electron chi connectivity index (χ4n) is 2.49. The summed E-state index contributed by atoms with van der Waals surface area (Å²) in [7, 11) is 1.55. The van der Waals surface area contributed by atoms with Gasteiger partial charge in [0.15, 0.2) is 11.6 Å². The number of hydrogen-bond donors (Lipinski definition) is 1. The molecular formula is C20H17F2N3O3. The minimum absolute atomic E-state index is 0.0298. The van der Waals surface area contributed by atoms with Crippen LogP contribution < -0.4 is 10.1 Å². The van der Waals surface area contributed by atoms with Crippen molar-refractivity contribution < 1.29 is 23.0 Å². The number of aromatic nitrogens is 2. The largest absolute Gasteiger partial charge is 0.488 e. The monoisotopic (exact) mass is 385 g/mol. The highest BCUT2D eigenvalue weighted by molar-refractivity contribution is 6.06. The number of anilines is 1. The number of halogens is 2. The second-order valence-electron chi connectivity index (χ2n) is 5.89. The highest BCUT2D eigenvalue weighted by Gasteiger charge is 2.15. The standard InChI is InChI=1S/C20H17F2N3O3/c1-27-11-13-3-5-19(28-12-14-2-4-17(21)18(22)9-14)16(8-13)20(26)25-15-6-7-23-24-10-15/h2-10H,11-12H2,1H3,(H,23,25,26).